The first-order valence-electron chi connectivity index (χ1n) is 15.6. The quantitative estimate of drug-likeness (QED) is 0.204. The largest absolute Gasteiger partial charge is 0.455 e. The fraction of sp³-hybridized carbons (Fsp3) is 0.0714. The molecule has 0 aliphatic heterocycles. The lowest BCUT2D eigenvalue weighted by Gasteiger charge is -2.22. The van der Waals surface area contributed by atoms with E-state index in [9.17, 15) is 0 Å². The van der Waals surface area contributed by atoms with Crippen molar-refractivity contribution < 1.29 is 4.42 Å². The molecular weight excluding hydrogens is 562 g/mol. The third-order valence-corrected chi connectivity index (χ3v) is 9.32. The molecule has 2 heterocycles. The van der Waals surface area contributed by atoms with Gasteiger partial charge in [-0.05, 0) is 46.0 Å². The van der Waals surface area contributed by atoms with Crippen molar-refractivity contribution in [3.05, 3.63) is 151 Å². The molecule has 0 saturated heterocycles. The number of benzene rings is 6. The summed E-state index contributed by atoms with van der Waals surface area (Å²) in [7, 11) is 0. The minimum absolute atomic E-state index is 0.159. The van der Waals surface area contributed by atoms with Crippen molar-refractivity contribution in [2.75, 3.05) is 0 Å². The van der Waals surface area contributed by atoms with Crippen molar-refractivity contribution in [2.24, 2.45) is 0 Å². The van der Waals surface area contributed by atoms with Crippen LogP contribution in [0.4, 0.5) is 0 Å². The molecule has 0 amide bonds. The lowest BCUT2D eigenvalue weighted by molar-refractivity contribution is 0.657. The van der Waals surface area contributed by atoms with Gasteiger partial charge in [0.2, 0.25) is 0 Å². The first-order chi connectivity index (χ1) is 22.6. The molecule has 0 bridgehead atoms. The van der Waals surface area contributed by atoms with Gasteiger partial charge >= 0.3 is 0 Å². The molecule has 2 aromatic heterocycles. The van der Waals surface area contributed by atoms with E-state index < -0.39 is 0 Å². The Morgan fingerprint density at radius 1 is 0.478 bits per heavy atom. The standard InChI is InChI=1S/C42H29N3O/c1-42(2)33-22-11-9-20-30(33)36-34(42)25-32(38-37(36)31-21-10-12-23-35(31)46-38)28-18-13-19-29(24-28)41-44-39(26-14-5-3-6-15-26)43-40(45-41)27-16-7-4-8-17-27/h3-25H,1-2H3. The smallest absolute Gasteiger partial charge is 0.164 e. The van der Waals surface area contributed by atoms with Gasteiger partial charge in [-0.15, -0.1) is 0 Å². The monoisotopic (exact) mass is 591 g/mol. The van der Waals surface area contributed by atoms with Crippen LogP contribution in [0.5, 0.6) is 0 Å². The molecule has 9 rings (SSSR count). The van der Waals surface area contributed by atoms with Gasteiger partial charge in [-0.25, -0.2) is 15.0 Å². The molecule has 1 aliphatic carbocycles. The summed E-state index contributed by atoms with van der Waals surface area (Å²) in [5, 5.41) is 2.31. The highest BCUT2D eigenvalue weighted by Gasteiger charge is 2.38. The van der Waals surface area contributed by atoms with Crippen LogP contribution in [-0.2, 0) is 5.41 Å². The van der Waals surface area contributed by atoms with Crippen molar-refractivity contribution in [3.8, 4) is 56.4 Å². The molecule has 0 spiro atoms. The molecule has 0 N–H and O–H groups in total. The number of hydrogen-bond donors (Lipinski definition) is 0. The van der Waals surface area contributed by atoms with Crippen LogP contribution in [0, 0.1) is 0 Å². The van der Waals surface area contributed by atoms with Gasteiger partial charge in [-0.3, -0.25) is 0 Å². The Morgan fingerprint density at radius 2 is 1.04 bits per heavy atom. The van der Waals surface area contributed by atoms with Gasteiger partial charge in [0.1, 0.15) is 11.2 Å². The molecule has 0 radical (unpaired) electrons. The van der Waals surface area contributed by atoms with Crippen molar-refractivity contribution >= 4 is 21.9 Å². The maximum atomic E-state index is 6.70. The number of furan rings is 1. The first-order valence-corrected chi connectivity index (χ1v) is 15.6. The van der Waals surface area contributed by atoms with Crippen LogP contribution >= 0.6 is 0 Å². The molecule has 0 unspecified atom stereocenters. The van der Waals surface area contributed by atoms with E-state index >= 15 is 0 Å². The summed E-state index contributed by atoms with van der Waals surface area (Å²) >= 11 is 0. The van der Waals surface area contributed by atoms with Crippen LogP contribution in [0.25, 0.3) is 78.4 Å². The molecule has 218 valence electrons. The molecule has 4 heteroatoms. The molecule has 4 nitrogen and oxygen atoms in total. The summed E-state index contributed by atoms with van der Waals surface area (Å²) in [6, 6.07) is 48.2. The van der Waals surface area contributed by atoms with E-state index in [1.165, 1.54) is 27.6 Å². The normalized spacial score (nSPS) is 13.2. The average molecular weight is 592 g/mol. The van der Waals surface area contributed by atoms with E-state index in [0.717, 1.165) is 44.4 Å². The Bertz CT molecular complexity index is 2380. The van der Waals surface area contributed by atoms with Crippen molar-refractivity contribution in [1.29, 1.82) is 0 Å². The van der Waals surface area contributed by atoms with Crippen LogP contribution in [0.3, 0.4) is 0 Å². The van der Waals surface area contributed by atoms with Crippen LogP contribution < -0.4 is 0 Å². The topological polar surface area (TPSA) is 51.8 Å². The van der Waals surface area contributed by atoms with E-state index in [0.29, 0.717) is 17.5 Å². The molecule has 0 atom stereocenters. The van der Waals surface area contributed by atoms with E-state index in [1.807, 2.05) is 66.7 Å². The second-order valence-corrected chi connectivity index (χ2v) is 12.4. The lowest BCUT2D eigenvalue weighted by atomic mass is 9.81. The fourth-order valence-electron chi connectivity index (χ4n) is 7.04. The van der Waals surface area contributed by atoms with E-state index in [1.54, 1.807) is 0 Å². The summed E-state index contributed by atoms with van der Waals surface area (Å²) in [5.41, 5.74) is 11.8. The Hall–Kier alpha value is -5.87. The van der Waals surface area contributed by atoms with Crippen LogP contribution in [0.1, 0.15) is 25.0 Å². The zero-order valence-electron chi connectivity index (χ0n) is 25.5. The second kappa shape index (κ2) is 10.1. The number of aromatic nitrogens is 3. The van der Waals surface area contributed by atoms with Crippen molar-refractivity contribution in [1.82, 2.24) is 15.0 Å². The van der Waals surface area contributed by atoms with Crippen LogP contribution in [0.2, 0.25) is 0 Å². The Balaban J connectivity index is 1.28. The predicted molar refractivity (Wildman–Crippen MR) is 186 cm³/mol. The SMILES string of the molecule is CC1(C)c2ccccc2-c2c1cc(-c1cccc(-c3nc(-c4ccccc4)nc(-c4ccccc4)n3)c1)c1oc3ccccc3c21. The number of fused-ring (bicyclic) bond motifs is 7. The molecule has 8 aromatic rings. The van der Waals surface area contributed by atoms with Crippen LogP contribution in [0.15, 0.2) is 144 Å². The maximum Gasteiger partial charge on any atom is 0.164 e. The van der Waals surface area contributed by atoms with Gasteiger partial charge in [0.05, 0.1) is 0 Å². The zero-order valence-corrected chi connectivity index (χ0v) is 25.5. The van der Waals surface area contributed by atoms with Gasteiger partial charge < -0.3 is 4.42 Å². The molecule has 46 heavy (non-hydrogen) atoms. The van der Waals surface area contributed by atoms with Gasteiger partial charge in [0, 0.05) is 38.4 Å². The van der Waals surface area contributed by atoms with Crippen molar-refractivity contribution in [3.63, 3.8) is 0 Å². The highest BCUT2D eigenvalue weighted by atomic mass is 16.3. The molecule has 1 aliphatic rings. The number of hydrogen-bond acceptors (Lipinski definition) is 4. The number of nitrogens with zero attached hydrogens (tertiary/aromatic N) is 3. The summed E-state index contributed by atoms with van der Waals surface area (Å²) in [4.78, 5) is 14.9. The minimum atomic E-state index is -0.159. The van der Waals surface area contributed by atoms with Gasteiger partial charge in [0.15, 0.2) is 17.5 Å². The Kier molecular flexibility index (Phi) is 5.81. The van der Waals surface area contributed by atoms with E-state index in [-0.39, 0.29) is 5.41 Å². The first kappa shape index (κ1) is 26.5. The summed E-state index contributed by atoms with van der Waals surface area (Å²) in [5.74, 6) is 1.92. The maximum absolute atomic E-state index is 6.70. The molecule has 0 fully saturated rings. The third-order valence-electron chi connectivity index (χ3n) is 9.32. The summed E-state index contributed by atoms with van der Waals surface area (Å²) < 4.78 is 6.70. The highest BCUT2D eigenvalue weighted by molar-refractivity contribution is 6.18. The van der Waals surface area contributed by atoms with Gasteiger partial charge in [-0.2, -0.15) is 0 Å². The highest BCUT2D eigenvalue weighted by Crippen LogP contribution is 2.55. The fourth-order valence-corrected chi connectivity index (χ4v) is 7.04. The second-order valence-electron chi connectivity index (χ2n) is 12.4. The number of rotatable bonds is 4. The van der Waals surface area contributed by atoms with Gasteiger partial charge in [-0.1, -0.05) is 135 Å². The van der Waals surface area contributed by atoms with Crippen LogP contribution in [-0.4, -0.2) is 15.0 Å². The average Bonchev–Trinajstić information content (AvgIpc) is 3.61. The predicted octanol–water partition coefficient (Wildman–Crippen LogP) is 10.7. The van der Waals surface area contributed by atoms with E-state index in [2.05, 4.69) is 86.6 Å². The summed E-state index contributed by atoms with van der Waals surface area (Å²) in [6.07, 6.45) is 0. The zero-order chi connectivity index (χ0) is 30.8. The van der Waals surface area contributed by atoms with Crippen molar-refractivity contribution in [2.45, 2.75) is 19.3 Å². The number of para-hydroxylation sites is 1. The molecule has 0 saturated carbocycles. The summed E-state index contributed by atoms with van der Waals surface area (Å²) in [6.45, 7) is 4.65. The molecule has 6 aromatic carbocycles. The third kappa shape index (κ3) is 4.04. The van der Waals surface area contributed by atoms with Gasteiger partial charge in [0.25, 0.3) is 0 Å². The Morgan fingerprint density at radius 3 is 1.76 bits per heavy atom. The molecular formula is C42H29N3O. The Labute approximate surface area is 267 Å². The minimum Gasteiger partial charge on any atom is -0.455 e. The van der Waals surface area contributed by atoms with E-state index in [4.69, 9.17) is 19.4 Å². The lowest BCUT2D eigenvalue weighted by Crippen LogP contribution is -2.15.